The van der Waals surface area contributed by atoms with Crippen molar-refractivity contribution in [1.29, 1.82) is 0 Å². The third-order valence-electron chi connectivity index (χ3n) is 5.82. The molecule has 1 aliphatic heterocycles. The van der Waals surface area contributed by atoms with Crippen LogP contribution in [0, 0.1) is 13.8 Å². The molecule has 4 N–H and O–H groups in total. The molecule has 2 heterocycles. The molecule has 1 saturated heterocycles. The number of urea groups is 1. The minimum absolute atomic E-state index is 0.104. The van der Waals surface area contributed by atoms with E-state index in [1.807, 2.05) is 24.3 Å². The Balaban J connectivity index is 1.35. The van der Waals surface area contributed by atoms with Crippen molar-refractivity contribution in [3.63, 3.8) is 0 Å². The van der Waals surface area contributed by atoms with Crippen LogP contribution in [0.5, 0.6) is 0 Å². The molecule has 166 valence electrons. The number of H-pyrrole nitrogens is 1. The van der Waals surface area contributed by atoms with Gasteiger partial charge in [-0.05, 0) is 80.3 Å². The molecule has 1 atom stereocenters. The lowest BCUT2D eigenvalue weighted by Gasteiger charge is -2.32. The number of aromatic amines is 1. The number of hydrogen-bond donors (Lipinski definition) is 3. The zero-order chi connectivity index (χ0) is 22.7. The highest BCUT2D eigenvalue weighted by molar-refractivity contribution is 7.99. The van der Waals surface area contributed by atoms with Crippen molar-refractivity contribution in [2.24, 2.45) is 5.73 Å². The van der Waals surface area contributed by atoms with Gasteiger partial charge in [0.1, 0.15) is 5.69 Å². The number of piperidine rings is 1. The molecule has 0 radical (unpaired) electrons. The highest BCUT2D eigenvalue weighted by Crippen LogP contribution is 2.30. The molecule has 1 unspecified atom stereocenters. The highest BCUT2D eigenvalue weighted by Gasteiger charge is 2.26. The van der Waals surface area contributed by atoms with Crippen molar-refractivity contribution in [2.75, 3.05) is 18.4 Å². The topological polar surface area (TPSA) is 104 Å². The number of aryl methyl sites for hydroxylation is 2. The zero-order valence-electron chi connectivity index (χ0n) is 18.2. The van der Waals surface area contributed by atoms with E-state index in [4.69, 9.17) is 5.73 Å². The number of amides is 3. The number of nitrogens with zero attached hydrogens (tertiary/aromatic N) is 2. The van der Waals surface area contributed by atoms with E-state index in [2.05, 4.69) is 47.6 Å². The minimum atomic E-state index is -0.558. The molecular formula is C24H27N5O2S. The van der Waals surface area contributed by atoms with Crippen LogP contribution >= 0.6 is 11.8 Å². The van der Waals surface area contributed by atoms with Crippen LogP contribution in [0.3, 0.4) is 0 Å². The Labute approximate surface area is 191 Å². The monoisotopic (exact) mass is 449 g/mol. The zero-order valence-corrected chi connectivity index (χ0v) is 19.0. The van der Waals surface area contributed by atoms with Crippen LogP contribution in [-0.4, -0.2) is 40.1 Å². The lowest BCUT2D eigenvalue weighted by molar-refractivity contribution is 0.0995. The SMILES string of the molecule is Cc1ccc(Sc2ccc(NC(=O)N3CCCC(c4cc(C(N)=O)n[nH]4)C3)cc2)cc1C. The first-order chi connectivity index (χ1) is 15.4. The predicted molar refractivity (Wildman–Crippen MR) is 126 cm³/mol. The average Bonchev–Trinajstić information content (AvgIpc) is 3.29. The van der Waals surface area contributed by atoms with E-state index in [0.717, 1.165) is 29.1 Å². The van der Waals surface area contributed by atoms with E-state index in [0.29, 0.717) is 13.1 Å². The van der Waals surface area contributed by atoms with Crippen LogP contribution in [0.25, 0.3) is 0 Å². The van der Waals surface area contributed by atoms with Crippen LogP contribution < -0.4 is 11.1 Å². The Hall–Kier alpha value is -3.26. The number of nitrogens with one attached hydrogen (secondary N) is 2. The summed E-state index contributed by atoms with van der Waals surface area (Å²) in [5.74, 6) is -0.455. The van der Waals surface area contributed by atoms with Crippen molar-refractivity contribution < 1.29 is 9.59 Å². The van der Waals surface area contributed by atoms with Crippen molar-refractivity contribution in [3.05, 3.63) is 71.0 Å². The third-order valence-corrected chi connectivity index (χ3v) is 6.82. The fraction of sp³-hybridized carbons (Fsp3) is 0.292. The van der Waals surface area contributed by atoms with Crippen molar-refractivity contribution in [2.45, 2.75) is 42.4 Å². The number of carbonyl (C=O) groups excluding carboxylic acids is 2. The number of nitrogens with two attached hydrogens (primary N) is 1. The van der Waals surface area contributed by atoms with Gasteiger partial charge in [0.15, 0.2) is 0 Å². The summed E-state index contributed by atoms with van der Waals surface area (Å²) in [4.78, 5) is 28.2. The van der Waals surface area contributed by atoms with E-state index in [1.165, 1.54) is 16.0 Å². The van der Waals surface area contributed by atoms with Crippen molar-refractivity contribution in [1.82, 2.24) is 15.1 Å². The molecule has 0 spiro atoms. The molecule has 2 aromatic carbocycles. The molecule has 4 rings (SSSR count). The Morgan fingerprint density at radius 2 is 1.84 bits per heavy atom. The van der Waals surface area contributed by atoms with Gasteiger partial charge in [-0.25, -0.2) is 4.79 Å². The summed E-state index contributed by atoms with van der Waals surface area (Å²) in [6.07, 6.45) is 1.81. The number of rotatable bonds is 5. The van der Waals surface area contributed by atoms with Gasteiger partial charge in [-0.2, -0.15) is 5.10 Å². The molecular weight excluding hydrogens is 422 g/mol. The molecule has 1 aromatic heterocycles. The Morgan fingerprint density at radius 3 is 2.53 bits per heavy atom. The summed E-state index contributed by atoms with van der Waals surface area (Å²) in [5.41, 5.74) is 9.67. The summed E-state index contributed by atoms with van der Waals surface area (Å²) in [6.45, 7) is 5.48. The summed E-state index contributed by atoms with van der Waals surface area (Å²) < 4.78 is 0. The van der Waals surface area contributed by atoms with Crippen molar-refractivity contribution >= 4 is 29.4 Å². The lowest BCUT2D eigenvalue weighted by atomic mass is 9.95. The van der Waals surface area contributed by atoms with Gasteiger partial charge in [0, 0.05) is 40.2 Å². The van der Waals surface area contributed by atoms with Gasteiger partial charge in [-0.15, -0.1) is 0 Å². The van der Waals surface area contributed by atoms with E-state index >= 15 is 0 Å². The normalized spacial score (nSPS) is 16.1. The Kier molecular flexibility index (Phi) is 6.50. The molecule has 1 aliphatic rings. The third kappa shape index (κ3) is 5.13. The molecule has 0 bridgehead atoms. The van der Waals surface area contributed by atoms with Crippen molar-refractivity contribution in [3.8, 4) is 0 Å². The van der Waals surface area contributed by atoms with Gasteiger partial charge in [0.05, 0.1) is 0 Å². The molecule has 32 heavy (non-hydrogen) atoms. The van der Waals surface area contributed by atoms with Crippen LogP contribution in [0.15, 0.2) is 58.3 Å². The van der Waals surface area contributed by atoms with Gasteiger partial charge in [0.25, 0.3) is 5.91 Å². The van der Waals surface area contributed by atoms with E-state index in [1.54, 1.807) is 22.7 Å². The maximum atomic E-state index is 12.8. The molecule has 3 aromatic rings. The van der Waals surface area contributed by atoms with E-state index < -0.39 is 5.91 Å². The largest absolute Gasteiger partial charge is 0.364 e. The number of hydrogen-bond acceptors (Lipinski definition) is 4. The number of benzene rings is 2. The number of likely N-dealkylation sites (tertiary alicyclic amines) is 1. The number of primary amides is 1. The quantitative estimate of drug-likeness (QED) is 0.526. The van der Waals surface area contributed by atoms with Gasteiger partial charge in [-0.3, -0.25) is 9.89 Å². The van der Waals surface area contributed by atoms with Crippen LogP contribution in [0.4, 0.5) is 10.5 Å². The first kappa shape index (κ1) is 22.0. The number of aromatic nitrogens is 2. The van der Waals surface area contributed by atoms with Crippen LogP contribution in [-0.2, 0) is 0 Å². The molecule has 3 amide bonds. The molecule has 0 saturated carbocycles. The Bertz CT molecular complexity index is 1130. The fourth-order valence-corrected chi connectivity index (χ4v) is 4.73. The first-order valence-electron chi connectivity index (χ1n) is 10.7. The number of anilines is 1. The summed E-state index contributed by atoms with van der Waals surface area (Å²) >= 11 is 1.70. The standard InChI is InChI=1S/C24H27N5O2S/c1-15-5-8-20(12-16(15)2)32-19-9-6-18(7-10-19)26-24(31)29-11-3-4-17(14-29)21-13-22(23(25)30)28-27-21/h5-10,12-13,17H,3-4,11,14H2,1-2H3,(H2,25,30)(H,26,31)(H,27,28). The average molecular weight is 450 g/mol. The second-order valence-corrected chi connectivity index (χ2v) is 9.31. The minimum Gasteiger partial charge on any atom is -0.364 e. The molecule has 0 aliphatic carbocycles. The second-order valence-electron chi connectivity index (χ2n) is 8.16. The van der Waals surface area contributed by atoms with Gasteiger partial charge in [0.2, 0.25) is 0 Å². The van der Waals surface area contributed by atoms with Gasteiger partial charge >= 0.3 is 6.03 Å². The van der Waals surface area contributed by atoms with E-state index in [-0.39, 0.29) is 17.6 Å². The predicted octanol–water partition coefficient (Wildman–Crippen LogP) is 4.69. The highest BCUT2D eigenvalue weighted by atomic mass is 32.2. The first-order valence-corrected chi connectivity index (χ1v) is 11.5. The molecule has 7 nitrogen and oxygen atoms in total. The van der Waals surface area contributed by atoms with E-state index in [9.17, 15) is 9.59 Å². The summed E-state index contributed by atoms with van der Waals surface area (Å²) in [5, 5.41) is 9.83. The summed E-state index contributed by atoms with van der Waals surface area (Å²) in [7, 11) is 0. The molecule has 1 fully saturated rings. The molecule has 8 heteroatoms. The fourth-order valence-electron chi connectivity index (χ4n) is 3.81. The lowest BCUT2D eigenvalue weighted by Crippen LogP contribution is -2.41. The van der Waals surface area contributed by atoms with Gasteiger partial charge < -0.3 is 16.0 Å². The van der Waals surface area contributed by atoms with Crippen LogP contribution in [0.2, 0.25) is 0 Å². The summed E-state index contributed by atoms with van der Waals surface area (Å²) in [6, 6.07) is 15.9. The van der Waals surface area contributed by atoms with Crippen LogP contribution in [0.1, 0.15) is 46.1 Å². The van der Waals surface area contributed by atoms with Gasteiger partial charge in [-0.1, -0.05) is 17.8 Å². The Morgan fingerprint density at radius 1 is 1.09 bits per heavy atom. The maximum Gasteiger partial charge on any atom is 0.321 e. The number of carbonyl (C=O) groups is 2. The smallest absolute Gasteiger partial charge is 0.321 e. The maximum absolute atomic E-state index is 12.8. The second kappa shape index (κ2) is 9.48.